The third-order valence-corrected chi connectivity index (χ3v) is 4.50. The van der Waals surface area contributed by atoms with E-state index in [9.17, 15) is 5.11 Å². The predicted molar refractivity (Wildman–Crippen MR) is 94.9 cm³/mol. The van der Waals surface area contributed by atoms with Crippen molar-refractivity contribution in [3.63, 3.8) is 0 Å². The molecule has 2 aromatic carbocycles. The van der Waals surface area contributed by atoms with E-state index in [1.54, 1.807) is 0 Å². The molecule has 0 radical (unpaired) electrons. The van der Waals surface area contributed by atoms with E-state index >= 15 is 0 Å². The fourth-order valence-electron chi connectivity index (χ4n) is 3.27. The molecule has 1 aromatic heterocycles. The molecule has 1 aliphatic rings. The summed E-state index contributed by atoms with van der Waals surface area (Å²) in [7, 11) is 0. The van der Waals surface area contributed by atoms with Gasteiger partial charge in [0, 0.05) is 37.0 Å². The molecule has 1 N–H and O–H groups in total. The number of aliphatic hydroxyl groups is 1. The van der Waals surface area contributed by atoms with Gasteiger partial charge in [0.05, 0.1) is 17.5 Å². The monoisotopic (exact) mass is 319 g/mol. The number of likely N-dealkylation sites (tertiary alicyclic amines) is 1. The van der Waals surface area contributed by atoms with Gasteiger partial charge in [0.1, 0.15) is 0 Å². The highest BCUT2D eigenvalue weighted by atomic mass is 16.3. The summed E-state index contributed by atoms with van der Waals surface area (Å²) < 4.78 is 1.95. The topological polar surface area (TPSA) is 41.3 Å². The number of hydrogen-bond acceptors (Lipinski definition) is 3. The number of para-hydroxylation sites is 1. The van der Waals surface area contributed by atoms with Crippen molar-refractivity contribution in [2.24, 2.45) is 0 Å². The third kappa shape index (κ3) is 3.11. The van der Waals surface area contributed by atoms with Gasteiger partial charge < -0.3 is 5.11 Å². The van der Waals surface area contributed by atoms with E-state index in [1.807, 2.05) is 41.1 Å². The van der Waals surface area contributed by atoms with Crippen molar-refractivity contribution in [2.45, 2.75) is 19.1 Å². The first-order chi connectivity index (χ1) is 11.8. The highest BCUT2D eigenvalue weighted by Crippen LogP contribution is 2.26. The van der Waals surface area contributed by atoms with Crippen LogP contribution in [0.5, 0.6) is 0 Å². The molecule has 0 aliphatic carbocycles. The minimum absolute atomic E-state index is 0.200. The smallest absolute Gasteiger partial charge is 0.0972 e. The van der Waals surface area contributed by atoms with Crippen LogP contribution in [0.4, 0.5) is 0 Å². The first kappa shape index (κ1) is 15.1. The molecule has 122 valence electrons. The molecule has 2 heterocycles. The van der Waals surface area contributed by atoms with Crippen LogP contribution in [0.3, 0.4) is 0 Å². The van der Waals surface area contributed by atoms with Crippen LogP contribution in [0.2, 0.25) is 0 Å². The Morgan fingerprint density at radius 2 is 1.71 bits per heavy atom. The largest absolute Gasteiger partial charge is 0.392 e. The van der Waals surface area contributed by atoms with Gasteiger partial charge in [-0.25, -0.2) is 4.68 Å². The van der Waals surface area contributed by atoms with Crippen LogP contribution >= 0.6 is 0 Å². The fourth-order valence-corrected chi connectivity index (χ4v) is 3.27. The van der Waals surface area contributed by atoms with E-state index in [-0.39, 0.29) is 6.10 Å². The van der Waals surface area contributed by atoms with E-state index in [0.717, 1.165) is 43.0 Å². The zero-order valence-corrected chi connectivity index (χ0v) is 13.5. The third-order valence-electron chi connectivity index (χ3n) is 4.50. The van der Waals surface area contributed by atoms with Crippen LogP contribution in [-0.4, -0.2) is 39.0 Å². The average molecular weight is 319 g/mol. The second-order valence-corrected chi connectivity index (χ2v) is 6.33. The van der Waals surface area contributed by atoms with E-state index in [1.165, 1.54) is 5.56 Å². The van der Waals surface area contributed by atoms with Gasteiger partial charge >= 0.3 is 0 Å². The summed E-state index contributed by atoms with van der Waals surface area (Å²) >= 11 is 0. The standard InChI is InChI=1S/C20H21N3O/c24-19-11-12-22(15-19)13-17-14-23(18-9-5-2-6-10-18)21-20(17)16-7-3-1-4-8-16/h1-10,14,19,24H,11-13,15H2. The maximum Gasteiger partial charge on any atom is 0.0972 e. The molecule has 0 amide bonds. The lowest BCUT2D eigenvalue weighted by atomic mass is 10.1. The SMILES string of the molecule is OC1CCN(Cc2cn(-c3ccccc3)nc2-c2ccccc2)C1. The Balaban J connectivity index is 1.71. The Morgan fingerprint density at radius 1 is 1.00 bits per heavy atom. The van der Waals surface area contributed by atoms with Crippen LogP contribution < -0.4 is 0 Å². The molecule has 1 atom stereocenters. The molecule has 4 rings (SSSR count). The molecule has 3 aromatic rings. The molecule has 24 heavy (non-hydrogen) atoms. The molecule has 1 saturated heterocycles. The summed E-state index contributed by atoms with van der Waals surface area (Å²) in [6.45, 7) is 2.49. The zero-order chi connectivity index (χ0) is 16.4. The Kier molecular flexibility index (Phi) is 4.15. The number of aliphatic hydroxyl groups excluding tert-OH is 1. The van der Waals surface area contributed by atoms with Crippen LogP contribution in [-0.2, 0) is 6.54 Å². The van der Waals surface area contributed by atoms with Crippen molar-refractivity contribution in [1.82, 2.24) is 14.7 Å². The van der Waals surface area contributed by atoms with E-state index in [4.69, 9.17) is 5.10 Å². The number of hydrogen-bond donors (Lipinski definition) is 1. The fraction of sp³-hybridized carbons (Fsp3) is 0.250. The molecule has 0 spiro atoms. The molecule has 0 bridgehead atoms. The van der Waals surface area contributed by atoms with E-state index in [0.29, 0.717) is 0 Å². The van der Waals surface area contributed by atoms with Gasteiger partial charge in [-0.05, 0) is 18.6 Å². The molecule has 1 unspecified atom stereocenters. The Hall–Kier alpha value is -2.43. The maximum absolute atomic E-state index is 9.78. The van der Waals surface area contributed by atoms with Crippen molar-refractivity contribution in [3.8, 4) is 16.9 Å². The number of benzene rings is 2. The molecule has 1 fully saturated rings. The van der Waals surface area contributed by atoms with Gasteiger partial charge in [-0.15, -0.1) is 0 Å². The molecular formula is C20H21N3O. The molecule has 1 aliphatic heterocycles. The van der Waals surface area contributed by atoms with Gasteiger partial charge in [-0.3, -0.25) is 4.90 Å². The number of rotatable bonds is 4. The second-order valence-electron chi connectivity index (χ2n) is 6.33. The van der Waals surface area contributed by atoms with Gasteiger partial charge in [0.25, 0.3) is 0 Å². The van der Waals surface area contributed by atoms with E-state index in [2.05, 4.69) is 35.4 Å². The molecule has 4 nitrogen and oxygen atoms in total. The van der Waals surface area contributed by atoms with Gasteiger partial charge in [-0.1, -0.05) is 48.5 Å². The van der Waals surface area contributed by atoms with Crippen LogP contribution in [0.25, 0.3) is 16.9 Å². The lowest BCUT2D eigenvalue weighted by Gasteiger charge is -2.14. The Morgan fingerprint density at radius 3 is 2.38 bits per heavy atom. The summed E-state index contributed by atoms with van der Waals surface area (Å²) in [5.74, 6) is 0. The van der Waals surface area contributed by atoms with Crippen molar-refractivity contribution >= 4 is 0 Å². The summed E-state index contributed by atoms with van der Waals surface area (Å²) in [4.78, 5) is 2.30. The highest BCUT2D eigenvalue weighted by Gasteiger charge is 2.22. The van der Waals surface area contributed by atoms with Crippen molar-refractivity contribution in [1.29, 1.82) is 0 Å². The van der Waals surface area contributed by atoms with Gasteiger partial charge in [0.2, 0.25) is 0 Å². The molecular weight excluding hydrogens is 298 g/mol. The first-order valence-electron chi connectivity index (χ1n) is 8.39. The number of β-amino-alcohol motifs (C(OH)–C–C–N with tert-alkyl or cyclic N) is 1. The Bertz CT molecular complexity index is 798. The summed E-state index contributed by atoms with van der Waals surface area (Å²) in [6.07, 6.45) is 2.77. The van der Waals surface area contributed by atoms with Gasteiger partial charge in [-0.2, -0.15) is 5.10 Å². The molecule has 4 heteroatoms. The second kappa shape index (κ2) is 6.59. The maximum atomic E-state index is 9.78. The highest BCUT2D eigenvalue weighted by molar-refractivity contribution is 5.63. The van der Waals surface area contributed by atoms with Crippen LogP contribution in [0.15, 0.2) is 66.9 Å². The summed E-state index contributed by atoms with van der Waals surface area (Å²) in [5, 5.41) is 14.6. The van der Waals surface area contributed by atoms with Crippen molar-refractivity contribution in [3.05, 3.63) is 72.4 Å². The van der Waals surface area contributed by atoms with E-state index < -0.39 is 0 Å². The van der Waals surface area contributed by atoms with Crippen LogP contribution in [0, 0.1) is 0 Å². The lowest BCUT2D eigenvalue weighted by molar-refractivity contribution is 0.175. The van der Waals surface area contributed by atoms with Crippen LogP contribution in [0.1, 0.15) is 12.0 Å². The summed E-state index contributed by atoms with van der Waals surface area (Å²) in [6, 6.07) is 20.5. The quantitative estimate of drug-likeness (QED) is 0.803. The zero-order valence-electron chi connectivity index (χ0n) is 13.5. The first-order valence-corrected chi connectivity index (χ1v) is 8.39. The van der Waals surface area contributed by atoms with Gasteiger partial charge in [0.15, 0.2) is 0 Å². The lowest BCUT2D eigenvalue weighted by Crippen LogP contribution is -2.21. The normalized spacial score (nSPS) is 18.1. The van der Waals surface area contributed by atoms with Crippen molar-refractivity contribution < 1.29 is 5.11 Å². The van der Waals surface area contributed by atoms with Crippen molar-refractivity contribution in [2.75, 3.05) is 13.1 Å². The minimum atomic E-state index is -0.200. The molecule has 0 saturated carbocycles. The minimum Gasteiger partial charge on any atom is -0.392 e. The Labute approximate surface area is 142 Å². The number of aromatic nitrogens is 2. The summed E-state index contributed by atoms with van der Waals surface area (Å²) in [5.41, 5.74) is 4.39. The number of nitrogens with zero attached hydrogens (tertiary/aromatic N) is 3. The average Bonchev–Trinajstić information content (AvgIpc) is 3.23. The predicted octanol–water partition coefficient (Wildman–Crippen LogP) is 3.11.